The molecule has 112 valence electrons. The predicted octanol–water partition coefficient (Wildman–Crippen LogP) is 4.10. The van der Waals surface area contributed by atoms with E-state index in [1.54, 1.807) is 16.2 Å². The Hall–Kier alpha value is -1.33. The number of hydrogen-bond donors (Lipinski definition) is 1. The van der Waals surface area contributed by atoms with Gasteiger partial charge in [-0.3, -0.25) is 4.79 Å². The first-order valence-electron chi connectivity index (χ1n) is 6.75. The summed E-state index contributed by atoms with van der Waals surface area (Å²) in [5.41, 5.74) is 8.06. The highest BCUT2D eigenvalue weighted by atomic mass is 79.9. The van der Waals surface area contributed by atoms with Crippen molar-refractivity contribution < 1.29 is 4.79 Å². The Morgan fingerprint density at radius 2 is 2.19 bits per heavy atom. The van der Waals surface area contributed by atoms with Crippen molar-refractivity contribution in [1.29, 1.82) is 0 Å². The largest absolute Gasteiger partial charge is 0.398 e. The van der Waals surface area contributed by atoms with Gasteiger partial charge in [-0.05, 0) is 43.0 Å². The highest BCUT2D eigenvalue weighted by molar-refractivity contribution is 9.10. The Bertz CT molecular complexity index is 640. The zero-order valence-corrected chi connectivity index (χ0v) is 14.8. The molecule has 0 aliphatic carbocycles. The molecule has 0 fully saturated rings. The number of halogens is 1. The van der Waals surface area contributed by atoms with Gasteiger partial charge in [-0.1, -0.05) is 22.0 Å². The Labute approximate surface area is 137 Å². The van der Waals surface area contributed by atoms with Crippen molar-refractivity contribution in [2.75, 3.05) is 12.8 Å². The van der Waals surface area contributed by atoms with Gasteiger partial charge < -0.3 is 10.6 Å². The van der Waals surface area contributed by atoms with E-state index in [1.807, 2.05) is 32.2 Å². The van der Waals surface area contributed by atoms with Crippen LogP contribution in [0.5, 0.6) is 0 Å². The molecule has 3 nitrogen and oxygen atoms in total. The molecule has 1 amide bonds. The molecule has 0 bridgehead atoms. The monoisotopic (exact) mass is 366 g/mol. The molecule has 0 saturated carbocycles. The molecule has 0 saturated heterocycles. The van der Waals surface area contributed by atoms with Crippen LogP contribution in [0.25, 0.3) is 0 Å². The number of nitrogen functional groups attached to an aromatic ring is 1. The number of nitrogens with two attached hydrogens (primary N) is 1. The molecule has 2 aromatic rings. The van der Waals surface area contributed by atoms with Crippen molar-refractivity contribution in [2.24, 2.45) is 0 Å². The number of anilines is 1. The summed E-state index contributed by atoms with van der Waals surface area (Å²) in [4.78, 5) is 15.8. The molecule has 1 aromatic carbocycles. The van der Waals surface area contributed by atoms with Crippen LogP contribution in [0.15, 0.2) is 34.1 Å². The van der Waals surface area contributed by atoms with Gasteiger partial charge in [0.2, 0.25) is 0 Å². The van der Waals surface area contributed by atoms with Crippen molar-refractivity contribution in [1.82, 2.24) is 4.90 Å². The first-order chi connectivity index (χ1) is 9.90. The summed E-state index contributed by atoms with van der Waals surface area (Å²) in [5.74, 6) is 0.00422. The molecule has 5 heteroatoms. The number of amides is 1. The third kappa shape index (κ3) is 3.66. The Morgan fingerprint density at radius 1 is 1.48 bits per heavy atom. The van der Waals surface area contributed by atoms with E-state index < -0.39 is 0 Å². The van der Waals surface area contributed by atoms with Gasteiger partial charge in [-0.15, -0.1) is 11.3 Å². The van der Waals surface area contributed by atoms with E-state index in [9.17, 15) is 4.79 Å². The van der Waals surface area contributed by atoms with Crippen LogP contribution in [0, 0.1) is 6.92 Å². The third-order valence-electron chi connectivity index (χ3n) is 3.70. The number of benzene rings is 1. The van der Waals surface area contributed by atoms with Crippen molar-refractivity contribution in [3.63, 3.8) is 0 Å². The standard InChI is InChI=1S/C16H19BrN2OS/c1-10(7-13-5-4-6-21-13)19(3)16(20)14-8-12(17)9-15(18)11(14)2/h4-6,8-10H,7,18H2,1-3H3. The van der Waals surface area contributed by atoms with Crippen molar-refractivity contribution >= 4 is 38.9 Å². The van der Waals surface area contributed by atoms with Gasteiger partial charge in [0.25, 0.3) is 5.91 Å². The van der Waals surface area contributed by atoms with Gasteiger partial charge >= 0.3 is 0 Å². The first kappa shape index (κ1) is 16.0. The fourth-order valence-electron chi connectivity index (χ4n) is 2.17. The van der Waals surface area contributed by atoms with E-state index in [4.69, 9.17) is 5.73 Å². The Morgan fingerprint density at radius 3 is 2.81 bits per heavy atom. The number of likely N-dealkylation sites (N-methyl/N-ethyl adjacent to an activating group) is 1. The molecule has 2 N–H and O–H groups in total. The fraction of sp³-hybridized carbons (Fsp3) is 0.312. The van der Waals surface area contributed by atoms with Crippen molar-refractivity contribution in [2.45, 2.75) is 26.3 Å². The molecule has 0 spiro atoms. The van der Waals surface area contributed by atoms with Crippen LogP contribution in [0.1, 0.15) is 27.7 Å². The average Bonchev–Trinajstić information content (AvgIpc) is 2.94. The maximum absolute atomic E-state index is 12.7. The number of rotatable bonds is 4. The second kappa shape index (κ2) is 6.62. The summed E-state index contributed by atoms with van der Waals surface area (Å²) in [6.45, 7) is 3.95. The summed E-state index contributed by atoms with van der Waals surface area (Å²) in [5, 5.41) is 2.06. The van der Waals surface area contributed by atoms with Crippen LogP contribution < -0.4 is 5.73 Å². The smallest absolute Gasteiger partial charge is 0.254 e. The van der Waals surface area contributed by atoms with Gasteiger partial charge in [0.05, 0.1) is 0 Å². The van der Waals surface area contributed by atoms with Gasteiger partial charge in [-0.25, -0.2) is 0 Å². The van der Waals surface area contributed by atoms with Crippen LogP contribution >= 0.6 is 27.3 Å². The second-order valence-corrected chi connectivity index (χ2v) is 7.16. The molecule has 1 unspecified atom stereocenters. The molecule has 0 radical (unpaired) electrons. The van der Waals surface area contributed by atoms with E-state index in [0.29, 0.717) is 11.3 Å². The van der Waals surface area contributed by atoms with E-state index in [2.05, 4.69) is 34.3 Å². The molecule has 0 aliphatic rings. The number of nitrogens with zero attached hydrogens (tertiary/aromatic N) is 1. The van der Waals surface area contributed by atoms with Crippen LogP contribution in [0.4, 0.5) is 5.69 Å². The minimum absolute atomic E-state index is 0.00422. The van der Waals surface area contributed by atoms with Gasteiger partial charge in [0.15, 0.2) is 0 Å². The van der Waals surface area contributed by atoms with Crippen LogP contribution in [-0.2, 0) is 6.42 Å². The zero-order chi connectivity index (χ0) is 15.6. The molecular weight excluding hydrogens is 348 g/mol. The number of hydrogen-bond acceptors (Lipinski definition) is 3. The summed E-state index contributed by atoms with van der Waals surface area (Å²) in [6.07, 6.45) is 0.864. The van der Waals surface area contributed by atoms with Crippen molar-refractivity contribution in [3.05, 3.63) is 50.1 Å². The van der Waals surface area contributed by atoms with E-state index in [0.717, 1.165) is 16.5 Å². The van der Waals surface area contributed by atoms with E-state index in [1.165, 1.54) is 4.88 Å². The quantitative estimate of drug-likeness (QED) is 0.827. The lowest BCUT2D eigenvalue weighted by Gasteiger charge is -2.25. The maximum atomic E-state index is 12.7. The minimum atomic E-state index is 0.00422. The van der Waals surface area contributed by atoms with Crippen LogP contribution in [0.2, 0.25) is 0 Å². The van der Waals surface area contributed by atoms with Crippen molar-refractivity contribution in [3.8, 4) is 0 Å². The summed E-state index contributed by atoms with van der Waals surface area (Å²) >= 11 is 5.12. The predicted molar refractivity (Wildman–Crippen MR) is 92.9 cm³/mol. The van der Waals surface area contributed by atoms with Gasteiger partial charge in [-0.2, -0.15) is 0 Å². The summed E-state index contributed by atoms with van der Waals surface area (Å²) in [7, 11) is 1.84. The molecule has 1 atom stereocenters. The summed E-state index contributed by atoms with van der Waals surface area (Å²) < 4.78 is 0.827. The highest BCUT2D eigenvalue weighted by Crippen LogP contribution is 2.24. The van der Waals surface area contributed by atoms with Crippen LogP contribution in [0.3, 0.4) is 0 Å². The SMILES string of the molecule is Cc1c(N)cc(Br)cc1C(=O)N(C)C(C)Cc1cccs1. The van der Waals surface area contributed by atoms with E-state index >= 15 is 0 Å². The fourth-order valence-corrected chi connectivity index (χ4v) is 3.47. The molecule has 0 aliphatic heterocycles. The second-order valence-electron chi connectivity index (χ2n) is 5.22. The Balaban J connectivity index is 2.19. The number of carbonyl (C=O) groups excluding carboxylic acids is 1. The van der Waals surface area contributed by atoms with E-state index in [-0.39, 0.29) is 11.9 Å². The topological polar surface area (TPSA) is 46.3 Å². The minimum Gasteiger partial charge on any atom is -0.398 e. The lowest BCUT2D eigenvalue weighted by Crippen LogP contribution is -2.36. The molecule has 1 aromatic heterocycles. The number of thiophene rings is 1. The highest BCUT2D eigenvalue weighted by Gasteiger charge is 2.21. The lowest BCUT2D eigenvalue weighted by atomic mass is 10.0. The number of carbonyl (C=O) groups is 1. The third-order valence-corrected chi connectivity index (χ3v) is 5.06. The zero-order valence-electron chi connectivity index (χ0n) is 12.4. The first-order valence-corrected chi connectivity index (χ1v) is 8.42. The molecule has 21 heavy (non-hydrogen) atoms. The summed E-state index contributed by atoms with van der Waals surface area (Å²) in [6, 6.07) is 7.93. The average molecular weight is 367 g/mol. The lowest BCUT2D eigenvalue weighted by molar-refractivity contribution is 0.0743. The van der Waals surface area contributed by atoms with Crippen LogP contribution in [-0.4, -0.2) is 23.9 Å². The van der Waals surface area contributed by atoms with Gasteiger partial charge in [0.1, 0.15) is 0 Å². The normalized spacial score (nSPS) is 12.2. The van der Waals surface area contributed by atoms with Gasteiger partial charge in [0, 0.05) is 40.1 Å². The molecule has 2 rings (SSSR count). The molecule has 1 heterocycles. The maximum Gasteiger partial charge on any atom is 0.254 e. The molecular formula is C16H19BrN2OS. The Kier molecular flexibility index (Phi) is 5.06.